The first-order chi connectivity index (χ1) is 17.1. The van der Waals surface area contributed by atoms with Gasteiger partial charge in [0, 0.05) is 22.3 Å². The molecule has 4 aromatic rings. The minimum absolute atomic E-state index is 0.461. The number of nitrogens with one attached hydrogen (secondary N) is 1. The monoisotopic (exact) mass is 529 g/mol. The van der Waals surface area contributed by atoms with Crippen LogP contribution in [0.5, 0.6) is 23.0 Å². The SMILES string of the molecule is C=CCc1cc(CNc2ccc(Oc3ccccc3)cc2)cc(OC)c1OCc1ccc(Br)cc1. The van der Waals surface area contributed by atoms with Crippen LogP contribution in [0.2, 0.25) is 0 Å². The van der Waals surface area contributed by atoms with Gasteiger partial charge in [0.25, 0.3) is 0 Å². The van der Waals surface area contributed by atoms with Crippen LogP contribution in [0.25, 0.3) is 0 Å². The molecule has 0 aliphatic rings. The van der Waals surface area contributed by atoms with Gasteiger partial charge in [-0.3, -0.25) is 0 Å². The standard InChI is InChI=1S/C30H28BrNO3/c1-3-7-24-18-23(19-29(33-2)30(24)34-21-22-10-12-25(31)13-11-22)20-32-26-14-16-28(17-15-26)35-27-8-5-4-6-9-27/h3-6,8-19,32H,1,7,20-21H2,2H3. The number of methoxy groups -OCH3 is 1. The zero-order chi connectivity index (χ0) is 24.5. The zero-order valence-electron chi connectivity index (χ0n) is 19.7. The van der Waals surface area contributed by atoms with Gasteiger partial charge in [-0.2, -0.15) is 0 Å². The number of rotatable bonds is 11. The number of halogens is 1. The summed E-state index contributed by atoms with van der Waals surface area (Å²) in [6.45, 7) is 5.02. The molecule has 4 rings (SSSR count). The van der Waals surface area contributed by atoms with E-state index in [1.807, 2.05) is 91.0 Å². The van der Waals surface area contributed by atoms with Crippen LogP contribution in [0, 0.1) is 0 Å². The van der Waals surface area contributed by atoms with E-state index in [0.29, 0.717) is 25.3 Å². The Morgan fingerprint density at radius 2 is 1.57 bits per heavy atom. The van der Waals surface area contributed by atoms with Crippen LogP contribution < -0.4 is 19.5 Å². The molecule has 5 heteroatoms. The maximum Gasteiger partial charge on any atom is 0.165 e. The lowest BCUT2D eigenvalue weighted by molar-refractivity contribution is 0.281. The summed E-state index contributed by atoms with van der Waals surface area (Å²) in [6, 6.07) is 29.9. The van der Waals surface area contributed by atoms with E-state index >= 15 is 0 Å². The molecule has 0 amide bonds. The van der Waals surface area contributed by atoms with Crippen LogP contribution >= 0.6 is 15.9 Å². The van der Waals surface area contributed by atoms with Gasteiger partial charge in [0.1, 0.15) is 18.1 Å². The summed E-state index contributed by atoms with van der Waals surface area (Å²) in [7, 11) is 1.67. The van der Waals surface area contributed by atoms with Gasteiger partial charge < -0.3 is 19.5 Å². The van der Waals surface area contributed by atoms with Gasteiger partial charge in [0.2, 0.25) is 0 Å². The summed E-state index contributed by atoms with van der Waals surface area (Å²) < 4.78 is 18.8. The van der Waals surface area contributed by atoms with Crippen LogP contribution in [-0.4, -0.2) is 7.11 Å². The molecular weight excluding hydrogens is 502 g/mol. The highest BCUT2D eigenvalue weighted by Crippen LogP contribution is 2.35. The number of benzene rings is 4. The van der Waals surface area contributed by atoms with E-state index in [1.165, 1.54) is 0 Å². The molecular formula is C30H28BrNO3. The Hall–Kier alpha value is -3.70. The molecule has 0 saturated heterocycles. The Labute approximate surface area is 215 Å². The van der Waals surface area contributed by atoms with E-state index in [4.69, 9.17) is 14.2 Å². The third-order valence-corrected chi connectivity index (χ3v) is 5.93. The lowest BCUT2D eigenvalue weighted by Gasteiger charge is -2.17. The lowest BCUT2D eigenvalue weighted by Crippen LogP contribution is -2.05. The van der Waals surface area contributed by atoms with E-state index in [1.54, 1.807) is 7.11 Å². The fraction of sp³-hybridized carbons (Fsp3) is 0.133. The fourth-order valence-corrected chi connectivity index (χ4v) is 3.92. The van der Waals surface area contributed by atoms with Crippen molar-refractivity contribution in [1.29, 1.82) is 0 Å². The Bertz CT molecular complexity index is 1240. The number of hydrogen-bond acceptors (Lipinski definition) is 4. The smallest absolute Gasteiger partial charge is 0.165 e. The highest BCUT2D eigenvalue weighted by atomic mass is 79.9. The van der Waals surface area contributed by atoms with E-state index in [-0.39, 0.29) is 0 Å². The molecule has 0 fully saturated rings. The average Bonchev–Trinajstić information content (AvgIpc) is 2.89. The van der Waals surface area contributed by atoms with Gasteiger partial charge in [-0.05, 0) is 78.2 Å². The first kappa shape index (κ1) is 24.4. The number of anilines is 1. The van der Waals surface area contributed by atoms with Gasteiger partial charge in [-0.25, -0.2) is 0 Å². The quantitative estimate of drug-likeness (QED) is 0.199. The van der Waals surface area contributed by atoms with Gasteiger partial charge in [-0.1, -0.05) is 52.3 Å². The Kier molecular flexibility index (Phi) is 8.47. The van der Waals surface area contributed by atoms with Crippen molar-refractivity contribution in [2.24, 2.45) is 0 Å². The van der Waals surface area contributed by atoms with Gasteiger partial charge in [0.05, 0.1) is 7.11 Å². The zero-order valence-corrected chi connectivity index (χ0v) is 21.3. The van der Waals surface area contributed by atoms with E-state index in [9.17, 15) is 0 Å². The highest BCUT2D eigenvalue weighted by molar-refractivity contribution is 9.10. The fourth-order valence-electron chi connectivity index (χ4n) is 3.65. The molecule has 0 saturated carbocycles. The third-order valence-electron chi connectivity index (χ3n) is 5.40. The molecule has 1 N–H and O–H groups in total. The predicted octanol–water partition coefficient (Wildman–Crippen LogP) is 8.17. The third kappa shape index (κ3) is 6.90. The summed E-state index contributed by atoms with van der Waals surface area (Å²) in [4.78, 5) is 0. The first-order valence-corrected chi connectivity index (χ1v) is 12.2. The van der Waals surface area contributed by atoms with Crippen molar-refractivity contribution in [3.63, 3.8) is 0 Å². The average molecular weight is 530 g/mol. The maximum absolute atomic E-state index is 6.20. The van der Waals surface area contributed by atoms with Crippen molar-refractivity contribution in [2.45, 2.75) is 19.6 Å². The van der Waals surface area contributed by atoms with Crippen LogP contribution in [0.3, 0.4) is 0 Å². The van der Waals surface area contributed by atoms with Crippen LogP contribution in [0.15, 0.2) is 108 Å². The summed E-state index contributed by atoms with van der Waals surface area (Å²) in [5.74, 6) is 3.08. The molecule has 178 valence electrons. The maximum atomic E-state index is 6.20. The summed E-state index contributed by atoms with van der Waals surface area (Å²) in [5.41, 5.74) is 4.23. The molecule has 4 aromatic carbocycles. The number of hydrogen-bond donors (Lipinski definition) is 1. The lowest BCUT2D eigenvalue weighted by atomic mass is 10.1. The Morgan fingerprint density at radius 3 is 2.26 bits per heavy atom. The molecule has 0 aliphatic heterocycles. The van der Waals surface area contributed by atoms with Crippen molar-refractivity contribution in [3.8, 4) is 23.0 Å². The molecule has 4 nitrogen and oxygen atoms in total. The molecule has 0 bridgehead atoms. The van der Waals surface area contributed by atoms with Crippen molar-refractivity contribution in [1.82, 2.24) is 0 Å². The van der Waals surface area contributed by atoms with Gasteiger partial charge in [-0.15, -0.1) is 6.58 Å². The Morgan fingerprint density at radius 1 is 0.857 bits per heavy atom. The largest absolute Gasteiger partial charge is 0.493 e. The summed E-state index contributed by atoms with van der Waals surface area (Å²) >= 11 is 3.47. The second-order valence-corrected chi connectivity index (χ2v) is 8.90. The van der Waals surface area contributed by atoms with Gasteiger partial charge in [0.15, 0.2) is 11.5 Å². The molecule has 0 atom stereocenters. The number of ether oxygens (including phenoxy) is 3. The summed E-state index contributed by atoms with van der Waals surface area (Å²) in [6.07, 6.45) is 2.56. The second-order valence-electron chi connectivity index (χ2n) is 7.99. The van der Waals surface area contributed by atoms with Crippen molar-refractivity contribution >= 4 is 21.6 Å². The predicted molar refractivity (Wildman–Crippen MR) is 146 cm³/mol. The van der Waals surface area contributed by atoms with Crippen molar-refractivity contribution < 1.29 is 14.2 Å². The van der Waals surface area contributed by atoms with E-state index in [2.05, 4.69) is 33.9 Å². The molecule has 0 radical (unpaired) electrons. The number of para-hydroxylation sites is 1. The van der Waals surface area contributed by atoms with Crippen LogP contribution in [0.4, 0.5) is 5.69 Å². The number of allylic oxidation sites excluding steroid dienone is 1. The molecule has 0 aliphatic carbocycles. The van der Waals surface area contributed by atoms with Crippen LogP contribution in [0.1, 0.15) is 16.7 Å². The normalized spacial score (nSPS) is 10.5. The Balaban J connectivity index is 1.44. The van der Waals surface area contributed by atoms with Crippen molar-refractivity contribution in [2.75, 3.05) is 12.4 Å². The minimum Gasteiger partial charge on any atom is -0.493 e. The molecule has 35 heavy (non-hydrogen) atoms. The first-order valence-electron chi connectivity index (χ1n) is 11.4. The second kappa shape index (κ2) is 12.1. The molecule has 0 heterocycles. The topological polar surface area (TPSA) is 39.7 Å². The molecule has 0 spiro atoms. The highest BCUT2D eigenvalue weighted by Gasteiger charge is 2.13. The molecule has 0 aromatic heterocycles. The van der Waals surface area contributed by atoms with E-state index in [0.717, 1.165) is 44.1 Å². The minimum atomic E-state index is 0.461. The van der Waals surface area contributed by atoms with Crippen LogP contribution in [-0.2, 0) is 19.6 Å². The van der Waals surface area contributed by atoms with E-state index < -0.39 is 0 Å². The summed E-state index contributed by atoms with van der Waals surface area (Å²) in [5, 5.41) is 3.47. The van der Waals surface area contributed by atoms with Crippen molar-refractivity contribution in [3.05, 3.63) is 125 Å². The molecule has 0 unspecified atom stereocenters. The van der Waals surface area contributed by atoms with Gasteiger partial charge >= 0.3 is 0 Å².